The standard InChI is InChI=1S/C32H48N2O7/c1-7-8-28-40-26-14-23-22-10-9-20-13-21(35)11-12-30(20,4)29(22)24(36)15-31(23,5)32(26,41-28)25(37)17-39-18-34(6)27(38)16-33-19(2)3/h11-13,19,22-24,26,28-29,33,36H,7-10,14-18H2,1-6H3/t22-,23-,24-,26+,28?,29+,30-,31-,32+/m0/s1. The summed E-state index contributed by atoms with van der Waals surface area (Å²) in [6, 6.07) is 0.189. The van der Waals surface area contributed by atoms with Crippen LogP contribution in [0.1, 0.15) is 73.1 Å². The number of aliphatic hydroxyl groups is 1. The van der Waals surface area contributed by atoms with Crippen molar-refractivity contribution in [2.75, 3.05) is 26.9 Å². The second-order valence-electron chi connectivity index (χ2n) is 13.7. The summed E-state index contributed by atoms with van der Waals surface area (Å²) in [6.07, 6.45) is 8.14. The first kappa shape index (κ1) is 30.5. The lowest BCUT2D eigenvalue weighted by Crippen LogP contribution is -2.63. The van der Waals surface area contributed by atoms with Crippen LogP contribution in [0.2, 0.25) is 0 Å². The highest BCUT2D eigenvalue weighted by molar-refractivity contribution is 6.01. The number of aliphatic hydroxyl groups excluding tert-OH is 1. The molecule has 1 heterocycles. The third-order valence-electron chi connectivity index (χ3n) is 10.8. The van der Waals surface area contributed by atoms with Crippen LogP contribution in [0.5, 0.6) is 0 Å². The van der Waals surface area contributed by atoms with E-state index in [1.54, 1.807) is 19.2 Å². The number of allylic oxidation sites excluding steroid dienone is 4. The summed E-state index contributed by atoms with van der Waals surface area (Å²) in [5.41, 5.74) is -1.15. The number of fused-ring (bicyclic) bond motifs is 7. The molecule has 1 amide bonds. The fourth-order valence-electron chi connectivity index (χ4n) is 8.89. The van der Waals surface area contributed by atoms with Crippen LogP contribution in [0.4, 0.5) is 0 Å². The van der Waals surface area contributed by atoms with Crippen LogP contribution >= 0.6 is 0 Å². The van der Waals surface area contributed by atoms with Gasteiger partial charge in [-0.1, -0.05) is 52.7 Å². The summed E-state index contributed by atoms with van der Waals surface area (Å²) in [7, 11) is 1.66. The van der Waals surface area contributed by atoms with Crippen LogP contribution in [-0.4, -0.2) is 84.6 Å². The average Bonchev–Trinajstić information content (AvgIpc) is 3.39. The van der Waals surface area contributed by atoms with Gasteiger partial charge in [0.25, 0.3) is 0 Å². The monoisotopic (exact) mass is 572 g/mol. The Bertz CT molecular complexity index is 1120. The van der Waals surface area contributed by atoms with Crippen molar-refractivity contribution in [3.05, 3.63) is 23.8 Å². The van der Waals surface area contributed by atoms with Gasteiger partial charge in [-0.3, -0.25) is 14.4 Å². The van der Waals surface area contributed by atoms with E-state index in [0.717, 1.165) is 24.8 Å². The molecule has 9 heteroatoms. The molecule has 5 rings (SSSR count). The van der Waals surface area contributed by atoms with Gasteiger partial charge in [-0.25, -0.2) is 0 Å². The van der Waals surface area contributed by atoms with Crippen molar-refractivity contribution >= 4 is 17.5 Å². The first-order valence-corrected chi connectivity index (χ1v) is 15.4. The Morgan fingerprint density at radius 3 is 2.76 bits per heavy atom. The highest BCUT2D eigenvalue weighted by Gasteiger charge is 2.75. The van der Waals surface area contributed by atoms with Crippen LogP contribution in [0.25, 0.3) is 0 Å². The Balaban J connectivity index is 1.38. The lowest BCUT2D eigenvalue weighted by atomic mass is 9.46. The van der Waals surface area contributed by atoms with Crippen molar-refractivity contribution in [2.45, 2.75) is 103 Å². The zero-order valence-corrected chi connectivity index (χ0v) is 25.5. The lowest BCUT2D eigenvalue weighted by molar-refractivity contribution is -0.201. The number of likely N-dealkylation sites (N-methyl/N-ethyl adjacent to an activating group) is 1. The van der Waals surface area contributed by atoms with Crippen molar-refractivity contribution in [1.29, 1.82) is 0 Å². The summed E-state index contributed by atoms with van der Waals surface area (Å²) in [5, 5.41) is 14.9. The molecule has 9 nitrogen and oxygen atoms in total. The minimum absolute atomic E-state index is 0.00364. The van der Waals surface area contributed by atoms with E-state index in [9.17, 15) is 19.5 Å². The number of amides is 1. The van der Waals surface area contributed by atoms with E-state index < -0.39 is 29.5 Å². The molecule has 4 aliphatic carbocycles. The zero-order valence-electron chi connectivity index (χ0n) is 25.5. The molecule has 5 aliphatic rings. The quantitative estimate of drug-likeness (QED) is 0.384. The second kappa shape index (κ2) is 11.3. The fourth-order valence-corrected chi connectivity index (χ4v) is 8.89. The molecule has 0 spiro atoms. The first-order valence-electron chi connectivity index (χ1n) is 15.4. The maximum atomic E-state index is 14.2. The molecule has 0 bridgehead atoms. The van der Waals surface area contributed by atoms with Crippen molar-refractivity contribution in [1.82, 2.24) is 10.2 Å². The van der Waals surface area contributed by atoms with Crippen molar-refractivity contribution in [3.8, 4) is 0 Å². The van der Waals surface area contributed by atoms with Gasteiger partial charge in [-0.15, -0.1) is 0 Å². The van der Waals surface area contributed by atoms with Crippen LogP contribution in [-0.2, 0) is 28.6 Å². The number of nitrogens with zero attached hydrogens (tertiary/aromatic N) is 1. The van der Waals surface area contributed by atoms with Crippen LogP contribution in [0.15, 0.2) is 23.8 Å². The smallest absolute Gasteiger partial charge is 0.238 e. The van der Waals surface area contributed by atoms with Crippen molar-refractivity contribution in [2.24, 2.45) is 28.6 Å². The van der Waals surface area contributed by atoms with Gasteiger partial charge in [0.05, 0.1) is 18.8 Å². The molecule has 1 saturated heterocycles. The summed E-state index contributed by atoms with van der Waals surface area (Å²) in [5.74, 6) is -0.0467. The van der Waals surface area contributed by atoms with E-state index >= 15 is 0 Å². The summed E-state index contributed by atoms with van der Waals surface area (Å²) in [4.78, 5) is 40.3. The molecular weight excluding hydrogens is 524 g/mol. The predicted octanol–water partition coefficient (Wildman–Crippen LogP) is 3.16. The fraction of sp³-hybridized carbons (Fsp3) is 0.781. The summed E-state index contributed by atoms with van der Waals surface area (Å²) >= 11 is 0. The number of Topliss-reactive ketones (excluding diaryl/α,β-unsaturated/α-hetero) is 1. The Morgan fingerprint density at radius 1 is 1.29 bits per heavy atom. The molecule has 1 aliphatic heterocycles. The Hall–Kier alpha value is -1.91. The minimum atomic E-state index is -1.22. The largest absolute Gasteiger partial charge is 0.393 e. The number of carbonyl (C=O) groups excluding carboxylic acids is 3. The highest BCUT2D eigenvalue weighted by Crippen LogP contribution is 2.69. The SMILES string of the molecule is CCCC1O[C@@H]2C[C@H]3[C@@H]4CCC5=CC(=O)C=C[C@]5(C)[C@H]4[C@@H](O)C[C@]3(C)[C@]2(C(=O)COCN(C)C(=O)CNC(C)C)O1. The predicted molar refractivity (Wildman–Crippen MR) is 153 cm³/mol. The Labute approximate surface area is 244 Å². The Kier molecular flexibility index (Phi) is 8.42. The van der Waals surface area contributed by atoms with Gasteiger partial charge in [-0.2, -0.15) is 0 Å². The molecule has 0 aromatic carbocycles. The zero-order chi connectivity index (χ0) is 29.7. The molecule has 9 atom stereocenters. The first-order chi connectivity index (χ1) is 19.4. The molecule has 2 N–H and O–H groups in total. The summed E-state index contributed by atoms with van der Waals surface area (Å²) in [6.45, 7) is 10.3. The van der Waals surface area contributed by atoms with Gasteiger partial charge in [0, 0.05) is 29.8 Å². The Morgan fingerprint density at radius 2 is 2.05 bits per heavy atom. The maximum absolute atomic E-state index is 14.2. The molecule has 0 radical (unpaired) electrons. The van der Waals surface area contributed by atoms with Crippen molar-refractivity contribution < 1.29 is 33.7 Å². The van der Waals surface area contributed by atoms with Gasteiger partial charge in [0.15, 0.2) is 23.5 Å². The van der Waals surface area contributed by atoms with E-state index in [1.807, 2.05) is 19.9 Å². The maximum Gasteiger partial charge on any atom is 0.238 e. The molecule has 41 heavy (non-hydrogen) atoms. The topological polar surface area (TPSA) is 114 Å². The second-order valence-corrected chi connectivity index (χ2v) is 13.7. The van der Waals surface area contributed by atoms with E-state index in [2.05, 4.69) is 26.1 Å². The third-order valence-corrected chi connectivity index (χ3v) is 10.8. The van der Waals surface area contributed by atoms with Gasteiger partial charge in [-0.05, 0) is 56.1 Å². The average molecular weight is 573 g/mol. The normalized spacial score (nSPS) is 41.0. The molecule has 228 valence electrons. The molecular formula is C32H48N2O7. The number of ketones is 2. The van der Waals surface area contributed by atoms with Gasteiger partial charge < -0.3 is 29.5 Å². The number of nitrogens with one attached hydrogen (secondary N) is 1. The minimum Gasteiger partial charge on any atom is -0.393 e. The molecule has 0 aromatic rings. The van der Waals surface area contributed by atoms with Crippen LogP contribution < -0.4 is 5.32 Å². The lowest BCUT2D eigenvalue weighted by Gasteiger charge is -2.59. The molecule has 0 aromatic heterocycles. The van der Waals surface area contributed by atoms with Gasteiger partial charge >= 0.3 is 0 Å². The number of rotatable bonds is 10. The van der Waals surface area contributed by atoms with Crippen LogP contribution in [0, 0.1) is 28.6 Å². The van der Waals surface area contributed by atoms with E-state index in [-0.39, 0.29) is 66.6 Å². The number of ether oxygens (including phenoxy) is 3. The number of hydrogen-bond acceptors (Lipinski definition) is 8. The summed E-state index contributed by atoms with van der Waals surface area (Å²) < 4.78 is 19.0. The number of hydrogen-bond donors (Lipinski definition) is 2. The molecule has 4 fully saturated rings. The van der Waals surface area contributed by atoms with Crippen LogP contribution in [0.3, 0.4) is 0 Å². The third kappa shape index (κ3) is 4.95. The van der Waals surface area contributed by atoms with Crippen molar-refractivity contribution in [3.63, 3.8) is 0 Å². The van der Waals surface area contributed by atoms with Gasteiger partial charge in [0.2, 0.25) is 5.91 Å². The molecule has 1 unspecified atom stereocenters. The van der Waals surface area contributed by atoms with Gasteiger partial charge in [0.1, 0.15) is 13.3 Å². The molecule has 3 saturated carbocycles. The number of carbonyl (C=O) groups is 3. The van der Waals surface area contributed by atoms with E-state index in [0.29, 0.717) is 19.3 Å². The van der Waals surface area contributed by atoms with E-state index in [4.69, 9.17) is 14.2 Å². The highest BCUT2D eigenvalue weighted by atomic mass is 16.7. The van der Waals surface area contributed by atoms with E-state index in [1.165, 1.54) is 4.90 Å².